The van der Waals surface area contributed by atoms with E-state index in [1.54, 1.807) is 0 Å². The third-order valence-corrected chi connectivity index (χ3v) is 4.55. The lowest BCUT2D eigenvalue weighted by atomic mass is 9.94. The van der Waals surface area contributed by atoms with Crippen LogP contribution < -0.4 is 5.32 Å². The van der Waals surface area contributed by atoms with Crippen LogP contribution in [0.1, 0.15) is 41.0 Å². The van der Waals surface area contributed by atoms with Crippen molar-refractivity contribution in [1.29, 1.82) is 0 Å². The molecule has 4 nitrogen and oxygen atoms in total. The molecule has 1 fully saturated rings. The monoisotopic (exact) mass is 277 g/mol. The van der Waals surface area contributed by atoms with Crippen LogP contribution in [0.5, 0.6) is 0 Å². The van der Waals surface area contributed by atoms with Crippen LogP contribution in [-0.2, 0) is 14.6 Å². The normalized spacial score (nSPS) is 28.2. The van der Waals surface area contributed by atoms with Crippen LogP contribution in [0.3, 0.4) is 0 Å². The molecule has 5 heteroatoms. The summed E-state index contributed by atoms with van der Waals surface area (Å²) in [6.07, 6.45) is 2.24. The van der Waals surface area contributed by atoms with Gasteiger partial charge in [0.2, 0.25) is 0 Å². The third kappa shape index (κ3) is 4.86. The summed E-state index contributed by atoms with van der Waals surface area (Å²) in [5, 5.41) is 3.46. The summed E-state index contributed by atoms with van der Waals surface area (Å²) in [4.78, 5) is 0. The highest BCUT2D eigenvalue weighted by molar-refractivity contribution is 7.90. The van der Waals surface area contributed by atoms with Crippen molar-refractivity contribution in [3.8, 4) is 0 Å². The van der Waals surface area contributed by atoms with Gasteiger partial charge >= 0.3 is 0 Å². The molecule has 18 heavy (non-hydrogen) atoms. The van der Waals surface area contributed by atoms with Crippen LogP contribution in [0.15, 0.2) is 0 Å². The van der Waals surface area contributed by atoms with Crippen LogP contribution >= 0.6 is 0 Å². The zero-order valence-corrected chi connectivity index (χ0v) is 13.2. The van der Waals surface area contributed by atoms with Crippen LogP contribution in [0, 0.1) is 5.92 Å². The molecule has 0 saturated carbocycles. The molecule has 0 amide bonds. The predicted octanol–water partition coefficient (Wildman–Crippen LogP) is 1.60. The summed E-state index contributed by atoms with van der Waals surface area (Å²) in [6.45, 7) is 11.0. The Labute approximate surface area is 111 Å². The summed E-state index contributed by atoms with van der Waals surface area (Å²) in [6, 6.07) is 0.273. The maximum atomic E-state index is 11.2. The minimum Gasteiger partial charge on any atom is -0.368 e. The molecule has 0 spiro atoms. The minimum atomic E-state index is -2.89. The van der Waals surface area contributed by atoms with Gasteiger partial charge in [0.15, 0.2) is 0 Å². The average molecular weight is 277 g/mol. The molecule has 0 bridgehead atoms. The Hall–Kier alpha value is -0.130. The van der Waals surface area contributed by atoms with Gasteiger partial charge in [0.05, 0.1) is 17.0 Å². The fourth-order valence-electron chi connectivity index (χ4n) is 2.80. The predicted molar refractivity (Wildman–Crippen MR) is 74.5 cm³/mol. The second kappa shape index (κ2) is 5.10. The van der Waals surface area contributed by atoms with Crippen molar-refractivity contribution in [3.05, 3.63) is 0 Å². The first-order chi connectivity index (χ1) is 7.91. The molecule has 1 saturated heterocycles. The fraction of sp³-hybridized carbons (Fsp3) is 1.00. The van der Waals surface area contributed by atoms with Gasteiger partial charge in [-0.2, -0.15) is 0 Å². The number of hydrogen-bond acceptors (Lipinski definition) is 4. The lowest BCUT2D eigenvalue weighted by Gasteiger charge is -2.28. The molecule has 1 rings (SSSR count). The molecule has 1 N–H and O–H groups in total. The largest absolute Gasteiger partial charge is 0.368 e. The van der Waals surface area contributed by atoms with E-state index in [0.29, 0.717) is 6.54 Å². The zero-order valence-electron chi connectivity index (χ0n) is 12.4. The highest BCUT2D eigenvalue weighted by Gasteiger charge is 2.45. The van der Waals surface area contributed by atoms with Crippen molar-refractivity contribution in [2.24, 2.45) is 5.92 Å². The van der Waals surface area contributed by atoms with Gasteiger partial charge in [0.1, 0.15) is 9.84 Å². The van der Waals surface area contributed by atoms with Crippen LogP contribution in [0.4, 0.5) is 0 Å². The van der Waals surface area contributed by atoms with Crippen molar-refractivity contribution in [2.45, 2.75) is 58.3 Å². The van der Waals surface area contributed by atoms with Gasteiger partial charge in [-0.05, 0) is 46.6 Å². The lowest BCUT2D eigenvalue weighted by molar-refractivity contribution is -0.0699. The molecule has 1 aliphatic rings. The van der Waals surface area contributed by atoms with Crippen molar-refractivity contribution >= 4 is 9.84 Å². The van der Waals surface area contributed by atoms with Gasteiger partial charge in [-0.15, -0.1) is 0 Å². The van der Waals surface area contributed by atoms with E-state index in [1.165, 1.54) is 6.26 Å². The highest BCUT2D eigenvalue weighted by atomic mass is 32.2. The van der Waals surface area contributed by atoms with E-state index in [-0.39, 0.29) is 28.9 Å². The first-order valence-corrected chi connectivity index (χ1v) is 8.59. The van der Waals surface area contributed by atoms with Crippen molar-refractivity contribution in [2.75, 3.05) is 18.6 Å². The second-order valence-corrected chi connectivity index (χ2v) is 9.01. The Morgan fingerprint density at radius 3 is 2.28 bits per heavy atom. The molecule has 0 radical (unpaired) electrons. The van der Waals surface area contributed by atoms with E-state index in [4.69, 9.17) is 4.74 Å². The number of nitrogens with one attached hydrogen (secondary N) is 1. The Morgan fingerprint density at radius 1 is 1.33 bits per heavy atom. The van der Waals surface area contributed by atoms with Crippen molar-refractivity contribution < 1.29 is 13.2 Å². The SMILES string of the molecule is CC(CNC1CC(C)(C)OC1(C)C)CS(C)(=O)=O. The molecule has 1 heterocycles. The van der Waals surface area contributed by atoms with E-state index < -0.39 is 9.84 Å². The van der Waals surface area contributed by atoms with E-state index >= 15 is 0 Å². The number of sulfone groups is 1. The first kappa shape index (κ1) is 15.9. The Morgan fingerprint density at radius 2 is 1.89 bits per heavy atom. The van der Waals surface area contributed by atoms with Crippen molar-refractivity contribution in [1.82, 2.24) is 5.32 Å². The van der Waals surface area contributed by atoms with E-state index in [0.717, 1.165) is 6.42 Å². The van der Waals surface area contributed by atoms with Gasteiger partial charge < -0.3 is 10.1 Å². The van der Waals surface area contributed by atoms with Crippen LogP contribution in [0.25, 0.3) is 0 Å². The summed E-state index contributed by atoms with van der Waals surface area (Å²) in [7, 11) is -2.89. The number of ether oxygens (including phenoxy) is 1. The van der Waals surface area contributed by atoms with Gasteiger partial charge in [0.25, 0.3) is 0 Å². The topological polar surface area (TPSA) is 55.4 Å². The molecule has 0 aromatic carbocycles. The smallest absolute Gasteiger partial charge is 0.147 e. The van der Waals surface area contributed by atoms with Crippen LogP contribution in [-0.4, -0.2) is 44.2 Å². The van der Waals surface area contributed by atoms with E-state index in [9.17, 15) is 8.42 Å². The second-order valence-electron chi connectivity index (χ2n) is 6.83. The Bertz CT molecular complexity index is 387. The molecule has 2 unspecified atom stereocenters. The molecule has 0 aromatic heterocycles. The van der Waals surface area contributed by atoms with Gasteiger partial charge in [0, 0.05) is 12.3 Å². The molecular weight excluding hydrogens is 250 g/mol. The maximum absolute atomic E-state index is 11.2. The third-order valence-electron chi connectivity index (χ3n) is 3.37. The van der Waals surface area contributed by atoms with E-state index in [1.807, 2.05) is 6.92 Å². The quantitative estimate of drug-likeness (QED) is 0.829. The number of rotatable bonds is 5. The average Bonchev–Trinajstić information content (AvgIpc) is 2.27. The summed E-state index contributed by atoms with van der Waals surface area (Å²) < 4.78 is 28.4. The summed E-state index contributed by atoms with van der Waals surface area (Å²) >= 11 is 0. The van der Waals surface area contributed by atoms with Gasteiger partial charge in [-0.3, -0.25) is 0 Å². The Kier molecular flexibility index (Phi) is 4.51. The summed E-state index contributed by atoms with van der Waals surface area (Å²) in [5.41, 5.74) is -0.310. The first-order valence-electron chi connectivity index (χ1n) is 6.53. The van der Waals surface area contributed by atoms with E-state index in [2.05, 4.69) is 33.0 Å². The van der Waals surface area contributed by atoms with Gasteiger partial charge in [-0.25, -0.2) is 8.42 Å². The number of hydrogen-bond donors (Lipinski definition) is 1. The molecule has 108 valence electrons. The molecule has 0 aromatic rings. The van der Waals surface area contributed by atoms with Gasteiger partial charge in [-0.1, -0.05) is 6.92 Å². The maximum Gasteiger partial charge on any atom is 0.147 e. The zero-order chi connectivity index (χ0) is 14.2. The molecule has 1 aliphatic heterocycles. The standard InChI is InChI=1S/C13H27NO3S/c1-10(9-18(6,15)16)8-14-11-7-12(2,3)17-13(11,4)5/h10-11,14H,7-9H2,1-6H3. The Balaban J connectivity index is 2.49. The molecule has 2 atom stereocenters. The van der Waals surface area contributed by atoms with Crippen molar-refractivity contribution in [3.63, 3.8) is 0 Å². The molecular formula is C13H27NO3S. The summed E-state index contributed by atoms with van der Waals surface area (Å²) in [5.74, 6) is 0.358. The highest BCUT2D eigenvalue weighted by Crippen LogP contribution is 2.37. The van der Waals surface area contributed by atoms with Crippen LogP contribution in [0.2, 0.25) is 0 Å². The fourth-order valence-corrected chi connectivity index (χ4v) is 3.95. The minimum absolute atomic E-state index is 0.110. The lowest BCUT2D eigenvalue weighted by Crippen LogP contribution is -2.45. The molecule has 0 aliphatic carbocycles.